The van der Waals surface area contributed by atoms with E-state index in [1.807, 2.05) is 0 Å². The summed E-state index contributed by atoms with van der Waals surface area (Å²) in [7, 11) is 0. The minimum absolute atomic E-state index is 0.236. The zero-order chi connectivity index (χ0) is 21.3. The number of alkyl halides is 6. The molecule has 2 aromatic carbocycles. The molecule has 0 aliphatic heterocycles. The number of carboxylic acid groups (broad SMARTS) is 2. The molecule has 0 aliphatic rings. The van der Waals surface area contributed by atoms with Gasteiger partial charge in [-0.3, -0.25) is 0 Å². The van der Waals surface area contributed by atoms with E-state index < -0.39 is 67.4 Å². The first-order valence-electron chi connectivity index (χ1n) is 7.03. The first kappa shape index (κ1) is 22.0. The summed E-state index contributed by atoms with van der Waals surface area (Å²) in [5.41, 5.74) is -11.0. The van der Waals surface area contributed by atoms with Gasteiger partial charge in [0.05, 0.1) is 11.1 Å². The van der Waals surface area contributed by atoms with Crippen LogP contribution < -0.4 is 0 Å². The predicted molar refractivity (Wildman–Crippen MR) is 89.6 cm³/mol. The van der Waals surface area contributed by atoms with Gasteiger partial charge in [-0.15, -0.1) is 0 Å². The topological polar surface area (TPSA) is 74.6 Å². The second kappa shape index (κ2) is 7.95. The van der Waals surface area contributed by atoms with Gasteiger partial charge in [0.25, 0.3) is 0 Å². The van der Waals surface area contributed by atoms with Crippen molar-refractivity contribution in [3.8, 4) is 11.1 Å². The summed E-state index contributed by atoms with van der Waals surface area (Å²) in [6.45, 7) is 0. The van der Waals surface area contributed by atoms with Gasteiger partial charge in [-0.05, 0) is 58.9 Å². The summed E-state index contributed by atoms with van der Waals surface area (Å²) in [6, 6.07) is 5.30. The maximum Gasteiger partial charge on any atom is 0.446 e. The standard InChI is InChI=1S/C16H8F6O4S2/c17-15(18,19)27-7-1-3-9(11(5-7)13(23)24)10-4-2-8(28-16(20,21)22)6-12(10)14(25)26/h1-6H,(H,23,24)(H,25,26). The molecule has 0 aliphatic carbocycles. The highest BCUT2D eigenvalue weighted by Crippen LogP contribution is 2.41. The van der Waals surface area contributed by atoms with E-state index in [9.17, 15) is 46.1 Å². The fourth-order valence-electron chi connectivity index (χ4n) is 2.26. The van der Waals surface area contributed by atoms with Gasteiger partial charge >= 0.3 is 23.0 Å². The minimum atomic E-state index is -4.67. The summed E-state index contributed by atoms with van der Waals surface area (Å²) in [6.07, 6.45) is 0. The summed E-state index contributed by atoms with van der Waals surface area (Å²) < 4.78 is 74.9. The fourth-order valence-corrected chi connectivity index (χ4v) is 3.42. The van der Waals surface area contributed by atoms with Crippen LogP contribution in [0.2, 0.25) is 0 Å². The molecule has 0 radical (unpaired) electrons. The molecule has 0 atom stereocenters. The number of carbonyl (C=O) groups is 2. The monoisotopic (exact) mass is 442 g/mol. The molecule has 0 amide bonds. The maximum atomic E-state index is 12.5. The Labute approximate surface area is 161 Å². The van der Waals surface area contributed by atoms with E-state index >= 15 is 0 Å². The molecule has 150 valence electrons. The maximum absolute atomic E-state index is 12.5. The highest BCUT2D eigenvalue weighted by atomic mass is 32.2. The average Bonchev–Trinajstić information content (AvgIpc) is 2.51. The van der Waals surface area contributed by atoms with E-state index in [0.717, 1.165) is 36.4 Å². The Morgan fingerprint density at radius 3 is 1.25 bits per heavy atom. The van der Waals surface area contributed by atoms with Crippen molar-refractivity contribution in [1.29, 1.82) is 0 Å². The van der Waals surface area contributed by atoms with Crippen molar-refractivity contribution in [2.75, 3.05) is 0 Å². The Morgan fingerprint density at radius 2 is 1.00 bits per heavy atom. The molecule has 0 aromatic heterocycles. The Morgan fingerprint density at radius 1 is 0.679 bits per heavy atom. The molecule has 2 aromatic rings. The molecule has 0 fully saturated rings. The first-order chi connectivity index (χ1) is 12.8. The quantitative estimate of drug-likeness (QED) is 0.439. The predicted octanol–water partition coefficient (Wildman–Crippen LogP) is 5.97. The zero-order valence-electron chi connectivity index (χ0n) is 13.3. The Kier molecular flexibility index (Phi) is 6.24. The van der Waals surface area contributed by atoms with Crippen LogP contribution in [-0.2, 0) is 0 Å². The first-order valence-corrected chi connectivity index (χ1v) is 8.66. The lowest BCUT2D eigenvalue weighted by molar-refractivity contribution is -0.0337. The van der Waals surface area contributed by atoms with Gasteiger partial charge in [-0.1, -0.05) is 12.1 Å². The molecule has 0 spiro atoms. The molecule has 0 bridgehead atoms. The molecule has 28 heavy (non-hydrogen) atoms. The number of carboxylic acids is 2. The SMILES string of the molecule is O=C(O)c1cc(SC(F)(F)F)ccc1-c1ccc(SC(F)(F)F)cc1C(=O)O. The second-order valence-corrected chi connectivity index (χ2v) is 7.40. The van der Waals surface area contributed by atoms with Crippen molar-refractivity contribution in [3.05, 3.63) is 47.5 Å². The van der Waals surface area contributed by atoms with Gasteiger partial charge in [0, 0.05) is 9.79 Å². The molecular weight excluding hydrogens is 434 g/mol. The van der Waals surface area contributed by atoms with Crippen LogP contribution in [0.4, 0.5) is 26.3 Å². The Hall–Kier alpha value is -2.34. The van der Waals surface area contributed by atoms with Crippen LogP contribution in [0.5, 0.6) is 0 Å². The van der Waals surface area contributed by atoms with Crippen molar-refractivity contribution in [2.24, 2.45) is 0 Å². The average molecular weight is 442 g/mol. The minimum Gasteiger partial charge on any atom is -0.478 e. The number of aromatic carboxylic acids is 2. The molecule has 4 nitrogen and oxygen atoms in total. The molecule has 0 saturated heterocycles. The van der Waals surface area contributed by atoms with E-state index in [2.05, 4.69) is 0 Å². The fraction of sp³-hybridized carbons (Fsp3) is 0.125. The smallest absolute Gasteiger partial charge is 0.446 e. The highest BCUT2D eigenvalue weighted by molar-refractivity contribution is 8.00. The van der Waals surface area contributed by atoms with Gasteiger partial charge in [0.1, 0.15) is 0 Å². The number of halogens is 6. The van der Waals surface area contributed by atoms with Crippen LogP contribution in [-0.4, -0.2) is 33.2 Å². The molecule has 2 rings (SSSR count). The van der Waals surface area contributed by atoms with Crippen molar-refractivity contribution < 1.29 is 46.1 Å². The molecular formula is C16H8F6O4S2. The number of hydrogen-bond acceptors (Lipinski definition) is 4. The van der Waals surface area contributed by atoms with Crippen LogP contribution in [0.15, 0.2) is 46.2 Å². The molecule has 0 saturated carbocycles. The summed E-state index contributed by atoms with van der Waals surface area (Å²) in [5, 5.41) is 18.6. The van der Waals surface area contributed by atoms with E-state index in [0.29, 0.717) is 0 Å². The second-order valence-electron chi connectivity index (χ2n) is 5.12. The Balaban J connectivity index is 2.59. The molecule has 0 unspecified atom stereocenters. The molecule has 12 heteroatoms. The van der Waals surface area contributed by atoms with E-state index in [1.165, 1.54) is 0 Å². The van der Waals surface area contributed by atoms with Crippen LogP contribution in [0.3, 0.4) is 0 Å². The Bertz CT molecular complexity index is 849. The number of benzene rings is 2. The number of hydrogen-bond donors (Lipinski definition) is 2. The lowest BCUT2D eigenvalue weighted by Gasteiger charge is -2.14. The van der Waals surface area contributed by atoms with Crippen molar-refractivity contribution >= 4 is 35.5 Å². The third-order valence-corrected chi connectivity index (χ3v) is 4.64. The van der Waals surface area contributed by atoms with Crippen LogP contribution in [0.25, 0.3) is 11.1 Å². The van der Waals surface area contributed by atoms with Crippen LogP contribution >= 0.6 is 23.5 Å². The van der Waals surface area contributed by atoms with Crippen LogP contribution in [0.1, 0.15) is 20.7 Å². The van der Waals surface area contributed by atoms with Gasteiger partial charge < -0.3 is 10.2 Å². The largest absolute Gasteiger partial charge is 0.478 e. The summed E-state index contributed by atoms with van der Waals surface area (Å²) >= 11 is -1.10. The third kappa shape index (κ3) is 5.83. The summed E-state index contributed by atoms with van der Waals surface area (Å²) in [4.78, 5) is 22.0. The van der Waals surface area contributed by atoms with Crippen molar-refractivity contribution in [3.63, 3.8) is 0 Å². The van der Waals surface area contributed by atoms with Gasteiger partial charge in [-0.25, -0.2) is 9.59 Å². The summed E-state index contributed by atoms with van der Waals surface area (Å²) in [5.74, 6) is -3.24. The van der Waals surface area contributed by atoms with Crippen molar-refractivity contribution in [2.45, 2.75) is 20.8 Å². The van der Waals surface area contributed by atoms with E-state index in [-0.39, 0.29) is 11.1 Å². The lowest BCUT2D eigenvalue weighted by Crippen LogP contribution is -2.06. The normalized spacial score (nSPS) is 12.1. The van der Waals surface area contributed by atoms with E-state index in [4.69, 9.17) is 0 Å². The van der Waals surface area contributed by atoms with Gasteiger partial charge in [0.2, 0.25) is 0 Å². The highest BCUT2D eigenvalue weighted by Gasteiger charge is 2.31. The molecule has 2 N–H and O–H groups in total. The van der Waals surface area contributed by atoms with Gasteiger partial charge in [0.15, 0.2) is 0 Å². The van der Waals surface area contributed by atoms with E-state index in [1.54, 1.807) is 0 Å². The van der Waals surface area contributed by atoms with Crippen LogP contribution in [0, 0.1) is 0 Å². The third-order valence-electron chi connectivity index (χ3n) is 3.20. The van der Waals surface area contributed by atoms with Crippen molar-refractivity contribution in [1.82, 2.24) is 0 Å². The number of rotatable bonds is 5. The zero-order valence-corrected chi connectivity index (χ0v) is 14.9. The molecule has 0 heterocycles. The van der Waals surface area contributed by atoms with Gasteiger partial charge in [-0.2, -0.15) is 26.3 Å². The lowest BCUT2D eigenvalue weighted by atomic mass is 9.95. The number of thioether (sulfide) groups is 2.